The van der Waals surface area contributed by atoms with Crippen LogP contribution in [0.1, 0.15) is 76.1 Å². The molecule has 264 valence electrons. The van der Waals surface area contributed by atoms with Crippen molar-refractivity contribution in [1.82, 2.24) is 0 Å². The van der Waals surface area contributed by atoms with Crippen LogP contribution in [-0.4, -0.2) is 104 Å². The molecule has 4 aliphatic heterocycles. The van der Waals surface area contributed by atoms with Crippen molar-refractivity contribution in [1.29, 1.82) is 0 Å². The van der Waals surface area contributed by atoms with Crippen LogP contribution in [0.2, 0.25) is 0 Å². The second kappa shape index (κ2) is 11.0. The van der Waals surface area contributed by atoms with E-state index in [1.165, 1.54) is 0 Å². The van der Waals surface area contributed by atoms with Crippen LogP contribution in [0.5, 0.6) is 0 Å². The van der Waals surface area contributed by atoms with Gasteiger partial charge >= 0.3 is 11.9 Å². The first-order valence-corrected chi connectivity index (χ1v) is 17.9. The van der Waals surface area contributed by atoms with Crippen LogP contribution in [0, 0.1) is 35.5 Å². The van der Waals surface area contributed by atoms with E-state index in [1.807, 2.05) is 19.9 Å². The Morgan fingerprint density at radius 3 is 2.40 bits per heavy atom. The predicted molar refractivity (Wildman–Crippen MR) is 169 cm³/mol. The molecule has 3 bridgehead atoms. The fourth-order valence-electron chi connectivity index (χ4n) is 11.5. The molecule has 3 aliphatic carbocycles. The van der Waals surface area contributed by atoms with Crippen molar-refractivity contribution >= 4 is 5.97 Å². The van der Waals surface area contributed by atoms with Gasteiger partial charge in [0.2, 0.25) is 0 Å². The Morgan fingerprint density at radius 2 is 1.71 bits per heavy atom. The zero-order valence-electron chi connectivity index (χ0n) is 28.0. The largest absolute Gasteiger partial charge is 0.462 e. The second-order valence-electron chi connectivity index (χ2n) is 16.0. The lowest BCUT2D eigenvalue weighted by Crippen LogP contribution is -2.75. The second-order valence-corrected chi connectivity index (χ2v) is 16.0. The highest BCUT2D eigenvalue weighted by Gasteiger charge is 2.90. The summed E-state index contributed by atoms with van der Waals surface area (Å²) >= 11 is 0. The van der Waals surface area contributed by atoms with Gasteiger partial charge in [-0.05, 0) is 55.2 Å². The van der Waals surface area contributed by atoms with Crippen molar-refractivity contribution in [2.45, 2.75) is 125 Å². The lowest BCUT2D eigenvalue weighted by Gasteiger charge is -2.62. The molecule has 5 N–H and O–H groups in total. The molecule has 0 amide bonds. The molecule has 0 aromatic heterocycles. The van der Waals surface area contributed by atoms with Crippen molar-refractivity contribution in [2.24, 2.45) is 35.5 Å². The Balaban J connectivity index is 1.37. The Morgan fingerprint density at radius 1 is 1.00 bits per heavy atom. The number of hydrogen-bond donors (Lipinski definition) is 5. The predicted octanol–water partition coefficient (Wildman–Crippen LogP) is 2.46. The maximum Gasteiger partial charge on any atom is 0.338 e. The van der Waals surface area contributed by atoms with E-state index in [0.717, 1.165) is 32.1 Å². The van der Waals surface area contributed by atoms with Crippen LogP contribution < -0.4 is 0 Å². The minimum atomic E-state index is -2.20. The van der Waals surface area contributed by atoms with Gasteiger partial charge in [0.15, 0.2) is 0 Å². The number of fused-ring (bicyclic) bond motifs is 1. The van der Waals surface area contributed by atoms with Crippen molar-refractivity contribution in [3.05, 3.63) is 48.0 Å². The number of esters is 1. The maximum atomic E-state index is 13.5. The Kier molecular flexibility index (Phi) is 7.64. The lowest BCUT2D eigenvalue weighted by atomic mass is 9.51. The summed E-state index contributed by atoms with van der Waals surface area (Å²) < 4.78 is 33.4. The standard InChI is InChI=1S/C37H50O11/c1-19(2)33-16-23(17-44-31(41)22-13-9-7-10-14-22)36-26-29(33)46-37(47-33,48-36)24(39)15-11-6-5-8-12-20(3)25-21(4)28(40)35(43,27(25)36)32(42)34(18-38)30(26)45-34/h7,9-10,13-14,20-21,23-30,32,38-40,42-43H,1,5-6,8,11-12,15-18H2,2-4H3/t20-,21+,23+,24-,25+,26-,27-,28+,29-,30+,32-,33-,34+,35+,36-,37-/m1/s1. The van der Waals surface area contributed by atoms with Crippen molar-refractivity contribution in [3.63, 3.8) is 0 Å². The van der Waals surface area contributed by atoms with E-state index in [0.29, 0.717) is 17.6 Å². The summed E-state index contributed by atoms with van der Waals surface area (Å²) in [7, 11) is 0. The van der Waals surface area contributed by atoms with Crippen LogP contribution in [0.3, 0.4) is 0 Å². The van der Waals surface area contributed by atoms with E-state index in [1.54, 1.807) is 24.3 Å². The molecular formula is C37H50O11. The van der Waals surface area contributed by atoms with E-state index in [9.17, 15) is 30.3 Å². The van der Waals surface area contributed by atoms with Gasteiger partial charge in [0.1, 0.15) is 41.2 Å². The number of ether oxygens (including phenoxy) is 5. The normalized spacial score (nSPS) is 53.5. The first kappa shape index (κ1) is 33.2. The SMILES string of the molecule is C=C(C)[C@]12C[C@@H](COC(=O)c3ccccc3)[C@@]34O[C@]5(O[C@@H]1[C@@H]3[C@@H]1O[C@]1(CO)[C@@H](O)[C@]1(O)[C@H]4[C@H]([C@H](C)[C@@H]1O)[C@H](C)CCCCCC[C@H]5O)O2. The van der Waals surface area contributed by atoms with Crippen molar-refractivity contribution in [3.8, 4) is 0 Å². The van der Waals surface area contributed by atoms with Gasteiger partial charge in [-0.25, -0.2) is 4.79 Å². The molecule has 11 heteroatoms. The molecule has 0 unspecified atom stereocenters. The molecule has 3 saturated carbocycles. The third-order valence-corrected chi connectivity index (χ3v) is 13.7. The molecule has 7 aliphatic rings. The van der Waals surface area contributed by atoms with Gasteiger partial charge in [0, 0.05) is 17.8 Å². The number of carbonyl (C=O) groups excluding carboxylic acids is 1. The molecule has 48 heavy (non-hydrogen) atoms. The average Bonchev–Trinajstić information content (AvgIpc) is 3.72. The number of hydrogen-bond acceptors (Lipinski definition) is 11. The summed E-state index contributed by atoms with van der Waals surface area (Å²) in [5, 5.41) is 60.3. The molecule has 8 rings (SSSR count). The van der Waals surface area contributed by atoms with Gasteiger partial charge in [-0.1, -0.05) is 70.7 Å². The maximum absolute atomic E-state index is 13.5. The van der Waals surface area contributed by atoms with E-state index in [-0.39, 0.29) is 24.9 Å². The van der Waals surface area contributed by atoms with Crippen LogP contribution in [-0.2, 0) is 23.7 Å². The van der Waals surface area contributed by atoms with Gasteiger partial charge < -0.3 is 49.2 Å². The van der Waals surface area contributed by atoms with Gasteiger partial charge in [-0.2, -0.15) is 0 Å². The van der Waals surface area contributed by atoms with Gasteiger partial charge in [0.05, 0.1) is 30.5 Å². The Bertz CT molecular complexity index is 1460. The number of rotatable bonds is 5. The highest BCUT2D eigenvalue weighted by atomic mass is 16.9. The van der Waals surface area contributed by atoms with Gasteiger partial charge in [0.25, 0.3) is 0 Å². The van der Waals surface area contributed by atoms with Crippen LogP contribution in [0.15, 0.2) is 42.5 Å². The van der Waals surface area contributed by atoms with E-state index in [4.69, 9.17) is 23.7 Å². The summed E-state index contributed by atoms with van der Waals surface area (Å²) in [5.74, 6) is -5.72. The summed E-state index contributed by atoms with van der Waals surface area (Å²) in [6.07, 6.45) is -1.10. The summed E-state index contributed by atoms with van der Waals surface area (Å²) in [5.41, 5.74) is -5.51. The molecule has 16 atom stereocenters. The molecule has 11 nitrogen and oxygen atoms in total. The molecule has 2 spiro atoms. The van der Waals surface area contributed by atoms with Gasteiger partial charge in [-0.15, -0.1) is 0 Å². The monoisotopic (exact) mass is 670 g/mol. The summed E-state index contributed by atoms with van der Waals surface area (Å²) in [4.78, 5) is 13.5. The first-order chi connectivity index (χ1) is 22.8. The zero-order chi connectivity index (χ0) is 34.0. The van der Waals surface area contributed by atoms with E-state index in [2.05, 4.69) is 13.5 Å². The first-order valence-electron chi connectivity index (χ1n) is 17.9. The number of benzene rings is 1. The zero-order valence-corrected chi connectivity index (χ0v) is 28.0. The number of epoxide rings is 1. The minimum Gasteiger partial charge on any atom is -0.462 e. The highest BCUT2D eigenvalue weighted by Crippen LogP contribution is 2.75. The summed E-state index contributed by atoms with van der Waals surface area (Å²) in [6.45, 7) is 9.44. The van der Waals surface area contributed by atoms with Gasteiger partial charge in [-0.3, -0.25) is 0 Å². The number of aliphatic hydroxyl groups is 5. The minimum absolute atomic E-state index is 0.0108. The van der Waals surface area contributed by atoms with Crippen LogP contribution in [0.25, 0.3) is 0 Å². The molecule has 4 saturated heterocycles. The smallest absolute Gasteiger partial charge is 0.338 e. The summed E-state index contributed by atoms with van der Waals surface area (Å²) in [6, 6.07) is 8.68. The Labute approximate surface area is 281 Å². The number of carbonyl (C=O) groups is 1. The van der Waals surface area contributed by atoms with Crippen molar-refractivity contribution < 1.29 is 54.0 Å². The van der Waals surface area contributed by atoms with Crippen molar-refractivity contribution in [2.75, 3.05) is 13.2 Å². The van der Waals surface area contributed by atoms with Crippen LogP contribution >= 0.6 is 0 Å². The molecule has 1 aromatic rings. The quantitative estimate of drug-likeness (QED) is 0.177. The lowest BCUT2D eigenvalue weighted by molar-refractivity contribution is -0.459. The molecule has 7 fully saturated rings. The van der Waals surface area contributed by atoms with E-state index >= 15 is 0 Å². The molecule has 1 aromatic carbocycles. The Hall–Kier alpha value is -1.93. The topological polar surface area (TPSA) is 168 Å². The highest BCUT2D eigenvalue weighted by molar-refractivity contribution is 5.89. The molecule has 4 heterocycles. The molecule has 0 radical (unpaired) electrons. The third-order valence-electron chi connectivity index (χ3n) is 13.7. The third kappa shape index (κ3) is 4.05. The molecular weight excluding hydrogens is 620 g/mol. The van der Waals surface area contributed by atoms with E-state index < -0.39 is 95.1 Å². The van der Waals surface area contributed by atoms with Crippen LogP contribution in [0.4, 0.5) is 0 Å². The fraction of sp³-hybridized carbons (Fsp3) is 0.757. The average molecular weight is 671 g/mol. The fourth-order valence-corrected chi connectivity index (χ4v) is 11.5. The number of aliphatic hydroxyl groups excluding tert-OH is 4.